The molecule has 1 N–H and O–H groups in total. The van der Waals surface area contributed by atoms with E-state index < -0.39 is 11.5 Å². The number of hydrogen-bond acceptors (Lipinski definition) is 6. The van der Waals surface area contributed by atoms with Gasteiger partial charge in [0.25, 0.3) is 5.56 Å². The highest BCUT2D eigenvalue weighted by Gasteiger charge is 2.23. The first-order chi connectivity index (χ1) is 12.2. The summed E-state index contributed by atoms with van der Waals surface area (Å²) < 4.78 is 2.17. The predicted octanol–water partition coefficient (Wildman–Crippen LogP) is 1.06. The van der Waals surface area contributed by atoms with Crippen molar-refractivity contribution in [1.29, 1.82) is 0 Å². The van der Waals surface area contributed by atoms with Gasteiger partial charge in [-0.15, -0.1) is 5.10 Å². The number of carbonyl (C=O) groups is 1. The van der Waals surface area contributed by atoms with Gasteiger partial charge in [0.05, 0.1) is 11.6 Å². The zero-order valence-corrected chi connectivity index (χ0v) is 12.6. The molecule has 0 radical (unpaired) electrons. The lowest BCUT2D eigenvalue weighted by atomic mass is 10.2. The largest absolute Gasteiger partial charge is 0.477 e. The van der Waals surface area contributed by atoms with Crippen LogP contribution in [0, 0.1) is 0 Å². The second-order valence-corrected chi connectivity index (χ2v) is 5.11. The van der Waals surface area contributed by atoms with E-state index >= 15 is 0 Å². The fourth-order valence-corrected chi connectivity index (χ4v) is 2.47. The van der Waals surface area contributed by atoms with Gasteiger partial charge in [0.2, 0.25) is 0 Å². The number of hydrogen-bond donors (Lipinski definition) is 1. The van der Waals surface area contributed by atoms with Crippen LogP contribution in [-0.2, 0) is 0 Å². The molecule has 9 heteroatoms. The topological polar surface area (TPSA) is 116 Å². The lowest BCUT2D eigenvalue weighted by molar-refractivity contribution is 0.0696. The predicted molar refractivity (Wildman–Crippen MR) is 87.0 cm³/mol. The molecule has 25 heavy (non-hydrogen) atoms. The van der Waals surface area contributed by atoms with E-state index in [0.29, 0.717) is 16.7 Å². The maximum Gasteiger partial charge on any atom is 0.341 e. The van der Waals surface area contributed by atoms with Crippen molar-refractivity contribution in [2.75, 3.05) is 0 Å². The Bertz CT molecular complexity index is 1150. The third kappa shape index (κ3) is 2.34. The van der Waals surface area contributed by atoms with Crippen LogP contribution in [0.5, 0.6) is 0 Å². The molecule has 0 saturated carbocycles. The minimum atomic E-state index is -1.24. The molecule has 0 spiro atoms. The lowest BCUT2D eigenvalue weighted by Gasteiger charge is -2.09. The van der Waals surface area contributed by atoms with E-state index in [1.165, 1.54) is 10.9 Å². The van der Waals surface area contributed by atoms with Crippen molar-refractivity contribution >= 4 is 16.9 Å². The molecule has 122 valence electrons. The Kier molecular flexibility index (Phi) is 3.31. The summed E-state index contributed by atoms with van der Waals surface area (Å²) in [6.07, 6.45) is 2.69. The molecule has 3 aromatic heterocycles. The van der Waals surface area contributed by atoms with Crippen LogP contribution in [0.2, 0.25) is 0 Å². The van der Waals surface area contributed by atoms with Gasteiger partial charge < -0.3 is 5.11 Å². The molecular formula is C16H10N6O3. The Morgan fingerprint density at radius 3 is 2.60 bits per heavy atom. The Balaban J connectivity index is 2.05. The molecule has 0 bridgehead atoms. The van der Waals surface area contributed by atoms with Gasteiger partial charge in [0, 0.05) is 6.20 Å². The van der Waals surface area contributed by atoms with Gasteiger partial charge in [-0.2, -0.15) is 14.5 Å². The van der Waals surface area contributed by atoms with Crippen LogP contribution < -0.4 is 5.56 Å². The maximum absolute atomic E-state index is 12.8. The maximum atomic E-state index is 12.8. The third-order valence-electron chi connectivity index (χ3n) is 3.61. The Labute approximate surface area is 139 Å². The molecule has 0 aliphatic rings. The smallest absolute Gasteiger partial charge is 0.341 e. The van der Waals surface area contributed by atoms with E-state index in [4.69, 9.17) is 0 Å². The quantitative estimate of drug-likeness (QED) is 0.595. The van der Waals surface area contributed by atoms with E-state index in [0.717, 1.165) is 10.9 Å². The van der Waals surface area contributed by atoms with Crippen molar-refractivity contribution in [3.8, 4) is 11.6 Å². The minimum absolute atomic E-state index is 0.0329. The first-order valence-electron chi connectivity index (χ1n) is 7.24. The van der Waals surface area contributed by atoms with Gasteiger partial charge >= 0.3 is 5.97 Å². The van der Waals surface area contributed by atoms with Gasteiger partial charge in [0.1, 0.15) is 11.1 Å². The van der Waals surface area contributed by atoms with E-state index in [1.54, 1.807) is 42.5 Å². The Morgan fingerprint density at radius 2 is 1.84 bits per heavy atom. The summed E-state index contributed by atoms with van der Waals surface area (Å²) >= 11 is 0. The van der Waals surface area contributed by atoms with Crippen LogP contribution in [0.4, 0.5) is 0 Å². The van der Waals surface area contributed by atoms with Crippen LogP contribution in [0.1, 0.15) is 10.4 Å². The molecule has 0 unspecified atom stereocenters. The summed E-state index contributed by atoms with van der Waals surface area (Å²) in [7, 11) is 0. The average molecular weight is 334 g/mol. The zero-order chi connectivity index (χ0) is 17.4. The molecular weight excluding hydrogens is 324 g/mol. The first-order valence-corrected chi connectivity index (χ1v) is 7.24. The van der Waals surface area contributed by atoms with Crippen LogP contribution in [0.3, 0.4) is 0 Å². The average Bonchev–Trinajstić information content (AvgIpc) is 3.08. The number of fused-ring (bicyclic) bond motifs is 1. The molecule has 0 aliphatic carbocycles. The van der Waals surface area contributed by atoms with Crippen LogP contribution in [0.15, 0.2) is 59.7 Å². The van der Waals surface area contributed by atoms with E-state index in [-0.39, 0.29) is 11.4 Å². The number of aromatic nitrogens is 6. The van der Waals surface area contributed by atoms with Crippen LogP contribution >= 0.6 is 0 Å². The number of rotatable bonds is 3. The van der Waals surface area contributed by atoms with E-state index in [1.807, 2.05) is 0 Å². The van der Waals surface area contributed by atoms with E-state index in [2.05, 4.69) is 20.4 Å². The molecule has 9 nitrogen and oxygen atoms in total. The molecule has 3 heterocycles. The fourth-order valence-electron chi connectivity index (χ4n) is 2.47. The normalized spacial score (nSPS) is 10.9. The third-order valence-corrected chi connectivity index (χ3v) is 3.61. The Hall–Kier alpha value is -3.88. The number of nitrogens with zero attached hydrogens (tertiary/aromatic N) is 6. The Morgan fingerprint density at radius 1 is 1.04 bits per heavy atom. The second-order valence-electron chi connectivity index (χ2n) is 5.11. The van der Waals surface area contributed by atoms with Gasteiger partial charge in [-0.25, -0.2) is 9.78 Å². The number of aromatic carboxylic acids is 1. The summed E-state index contributed by atoms with van der Waals surface area (Å²) in [5.41, 5.74) is -0.257. The molecule has 4 rings (SSSR count). The highest BCUT2D eigenvalue weighted by molar-refractivity contribution is 5.91. The highest BCUT2D eigenvalue weighted by atomic mass is 16.4. The number of benzene rings is 1. The van der Waals surface area contributed by atoms with Crippen molar-refractivity contribution in [2.24, 2.45) is 0 Å². The summed E-state index contributed by atoms with van der Waals surface area (Å²) in [6.45, 7) is 0. The summed E-state index contributed by atoms with van der Waals surface area (Å²) in [5, 5.41) is 21.7. The second kappa shape index (κ2) is 5.64. The zero-order valence-electron chi connectivity index (χ0n) is 12.6. The van der Waals surface area contributed by atoms with Crippen molar-refractivity contribution in [3.05, 3.63) is 70.8 Å². The molecule has 0 saturated heterocycles. The molecule has 1 aromatic carbocycles. The van der Waals surface area contributed by atoms with Gasteiger partial charge in [-0.1, -0.05) is 23.4 Å². The molecule has 4 aromatic rings. The van der Waals surface area contributed by atoms with Crippen LogP contribution in [-0.4, -0.2) is 40.8 Å². The molecule has 0 fully saturated rings. The monoisotopic (exact) mass is 334 g/mol. The molecule has 0 atom stereocenters. The summed E-state index contributed by atoms with van der Waals surface area (Å²) in [6, 6.07) is 11.8. The number of carboxylic acid groups (broad SMARTS) is 1. The van der Waals surface area contributed by atoms with Gasteiger partial charge in [-0.3, -0.25) is 4.79 Å². The standard InChI is InChI=1S/C16H10N6O3/c23-15-10-5-1-2-6-12(10)19-20-22(15)14-11(16(24)25)9-18-21(14)13-7-3-4-8-17-13/h1-9H,(H,24,25). The lowest BCUT2D eigenvalue weighted by Crippen LogP contribution is -2.26. The van der Waals surface area contributed by atoms with E-state index in [9.17, 15) is 14.7 Å². The molecule has 0 aliphatic heterocycles. The SMILES string of the molecule is O=C(O)c1cnn(-c2ccccn2)c1-n1nnc2ccccc2c1=O. The van der Waals surface area contributed by atoms with Gasteiger partial charge in [-0.05, 0) is 24.3 Å². The first kappa shape index (κ1) is 14.7. The number of carboxylic acids is 1. The summed E-state index contributed by atoms with van der Waals surface area (Å²) in [5.74, 6) is -0.916. The van der Waals surface area contributed by atoms with Crippen molar-refractivity contribution < 1.29 is 9.90 Å². The number of pyridine rings is 1. The van der Waals surface area contributed by atoms with Crippen molar-refractivity contribution in [2.45, 2.75) is 0 Å². The molecule has 0 amide bonds. The summed E-state index contributed by atoms with van der Waals surface area (Å²) in [4.78, 5) is 28.5. The fraction of sp³-hybridized carbons (Fsp3) is 0. The van der Waals surface area contributed by atoms with Crippen molar-refractivity contribution in [1.82, 2.24) is 29.8 Å². The van der Waals surface area contributed by atoms with Crippen molar-refractivity contribution in [3.63, 3.8) is 0 Å². The van der Waals surface area contributed by atoms with Crippen LogP contribution in [0.25, 0.3) is 22.5 Å². The highest BCUT2D eigenvalue weighted by Crippen LogP contribution is 2.17. The van der Waals surface area contributed by atoms with Gasteiger partial charge in [0.15, 0.2) is 11.6 Å². The minimum Gasteiger partial charge on any atom is -0.477 e.